The Labute approximate surface area is 381 Å². The maximum absolute atomic E-state index is 14.3. The van der Waals surface area contributed by atoms with Gasteiger partial charge in [0.15, 0.2) is 0 Å². The number of hydrogen-bond donors (Lipinski definition) is 0. The number of alkyl halides is 12. The Balaban J connectivity index is 1.46. The monoisotopic (exact) mass is 1050 g/mol. The molecule has 343 valence electrons. The van der Waals surface area contributed by atoms with E-state index in [-0.39, 0.29) is 34.4 Å². The number of benzene rings is 6. The van der Waals surface area contributed by atoms with Crippen LogP contribution in [0, 0.1) is 13.8 Å². The van der Waals surface area contributed by atoms with Crippen LogP contribution in [0.1, 0.15) is 74.0 Å². The van der Waals surface area contributed by atoms with Crippen molar-refractivity contribution in [2.24, 2.45) is 0 Å². The molecule has 6 aromatic carbocycles. The third-order valence-electron chi connectivity index (χ3n) is 13.0. The van der Waals surface area contributed by atoms with Crippen LogP contribution in [0.4, 0.5) is 52.7 Å². The fourth-order valence-electron chi connectivity index (χ4n) is 9.86. The van der Waals surface area contributed by atoms with Gasteiger partial charge in [-0.15, -0.1) is 0 Å². The summed E-state index contributed by atoms with van der Waals surface area (Å²) in [4.78, 5) is 0. The van der Waals surface area contributed by atoms with Crippen molar-refractivity contribution in [2.45, 2.75) is 58.9 Å². The van der Waals surface area contributed by atoms with Crippen LogP contribution >= 0.6 is 17.0 Å². The first-order chi connectivity index (χ1) is 30.6. The second kappa shape index (κ2) is 16.4. The van der Waals surface area contributed by atoms with E-state index in [1.54, 1.807) is 111 Å². The molecule has 0 fully saturated rings. The zero-order valence-electron chi connectivity index (χ0n) is 35.2. The standard InChI is InChI=1S/2C24H15F6.C2H7Si.2ClH.Zr/c2*1-14-7-8-16-9-17(15-5-3-2-4-6-15)12-21(16)22(14)18-10-19(23(25,26)27)13-20(11-18)24(28,29)30;1-3-2;;;/h2*2-13H,1H3;3H,1-2H3;2*1H;/q;;;;;+2/p-2. The topological polar surface area (TPSA) is 0 Å². The molecule has 0 heterocycles. The normalized spacial score (nSPS) is 17.3. The Morgan fingerprint density at radius 1 is 0.424 bits per heavy atom. The predicted molar refractivity (Wildman–Crippen MR) is 238 cm³/mol. The molecule has 66 heavy (non-hydrogen) atoms. The summed E-state index contributed by atoms with van der Waals surface area (Å²) in [5.41, 5.74) is -1.57. The molecule has 6 aromatic rings. The molecule has 2 atom stereocenters. The molecule has 2 aliphatic carbocycles. The van der Waals surface area contributed by atoms with E-state index in [1.807, 2.05) is 13.1 Å². The van der Waals surface area contributed by atoms with Gasteiger partial charge in [0.1, 0.15) is 0 Å². The predicted octanol–water partition coefficient (Wildman–Crippen LogP) is 17.6. The molecule has 0 nitrogen and oxygen atoms in total. The fourth-order valence-corrected chi connectivity index (χ4v) is 40.0. The first-order valence-electron chi connectivity index (χ1n) is 20.6. The van der Waals surface area contributed by atoms with Gasteiger partial charge < -0.3 is 0 Å². The molecule has 0 amide bonds. The second-order valence-corrected chi connectivity index (χ2v) is 59.8. The van der Waals surface area contributed by atoms with Crippen molar-refractivity contribution in [2.75, 3.05) is 0 Å². The van der Waals surface area contributed by atoms with Gasteiger partial charge in [0, 0.05) is 0 Å². The van der Waals surface area contributed by atoms with Crippen LogP contribution in [0.25, 0.3) is 45.6 Å². The number of fused-ring (bicyclic) bond motifs is 2. The molecule has 0 N–H and O–H groups in total. The first kappa shape index (κ1) is 48.1. The van der Waals surface area contributed by atoms with Gasteiger partial charge in [-0.25, -0.2) is 0 Å². The molecule has 2 unspecified atom stereocenters. The third kappa shape index (κ3) is 8.25. The molecular weight excluding hydrogens is 1020 g/mol. The van der Waals surface area contributed by atoms with Crippen LogP contribution in [0.5, 0.6) is 0 Å². The SMILES string of the molecule is Cc1ccc2c(c1-c1cc(C(F)(F)F)cc(C(F)(F)F)c1)C=C(c1ccccc1)[CH]2[Zr]([Cl])([Cl])([CH]1C(c2ccccc2)=Cc2c1ccc(C)c2-c1cc(C(F)(F)F)cc(C(F)(F)F)c1)[SiH](C)C. The number of rotatable bonds is 7. The van der Waals surface area contributed by atoms with Crippen molar-refractivity contribution in [1.82, 2.24) is 0 Å². The minimum absolute atomic E-state index is 0.0721. The maximum atomic E-state index is 14.3. The van der Waals surface area contributed by atoms with Crippen LogP contribution in [0.2, 0.25) is 13.1 Å². The zero-order chi connectivity index (χ0) is 48.1. The van der Waals surface area contributed by atoms with Crippen molar-refractivity contribution in [3.63, 3.8) is 0 Å². The van der Waals surface area contributed by atoms with Crippen molar-refractivity contribution in [1.29, 1.82) is 0 Å². The quantitative estimate of drug-likeness (QED) is 0.110. The summed E-state index contributed by atoms with van der Waals surface area (Å²) in [7, 11) is 17.3. The summed E-state index contributed by atoms with van der Waals surface area (Å²) in [5, 5.41) is 0. The molecular formula is C50H37Cl2F12SiZr. The van der Waals surface area contributed by atoms with E-state index in [0.29, 0.717) is 79.9 Å². The van der Waals surface area contributed by atoms with Crippen molar-refractivity contribution in [3.05, 3.63) is 188 Å². The van der Waals surface area contributed by atoms with E-state index in [0.717, 1.165) is 0 Å². The Morgan fingerprint density at radius 3 is 1.00 bits per heavy atom. The summed E-state index contributed by atoms with van der Waals surface area (Å²) >= 11 is -6.10. The number of halogens is 14. The van der Waals surface area contributed by atoms with E-state index in [2.05, 4.69) is 0 Å². The van der Waals surface area contributed by atoms with Crippen LogP contribution in [0.3, 0.4) is 0 Å². The van der Waals surface area contributed by atoms with Gasteiger partial charge in [-0.3, -0.25) is 0 Å². The molecule has 0 bridgehead atoms. The number of aryl methyl sites for hydroxylation is 2. The molecule has 2 aliphatic rings. The summed E-state index contributed by atoms with van der Waals surface area (Å²) < 4.78 is 170. The van der Waals surface area contributed by atoms with Crippen LogP contribution < -0.4 is 0 Å². The van der Waals surface area contributed by atoms with Crippen LogP contribution in [-0.4, -0.2) is 5.92 Å². The minimum atomic E-state index is -6.10. The van der Waals surface area contributed by atoms with Gasteiger partial charge in [-0.05, 0) is 0 Å². The van der Waals surface area contributed by atoms with Gasteiger partial charge in [0.05, 0.1) is 0 Å². The molecule has 0 radical (unpaired) electrons. The summed E-state index contributed by atoms with van der Waals surface area (Å²) in [6.45, 7) is 7.12. The molecule has 8 rings (SSSR count). The number of hydrogen-bond acceptors (Lipinski definition) is 0. The zero-order valence-corrected chi connectivity index (χ0v) is 40.3. The molecule has 16 heteroatoms. The van der Waals surface area contributed by atoms with Crippen molar-refractivity contribution < 1.29 is 68.2 Å². The van der Waals surface area contributed by atoms with Gasteiger partial charge in [0.2, 0.25) is 0 Å². The van der Waals surface area contributed by atoms with E-state index < -0.39 is 75.7 Å². The van der Waals surface area contributed by atoms with Gasteiger partial charge in [-0.2, -0.15) is 0 Å². The Bertz CT molecular complexity index is 2710. The van der Waals surface area contributed by atoms with E-state index in [9.17, 15) is 52.7 Å². The Morgan fingerprint density at radius 2 is 0.727 bits per heavy atom. The fraction of sp³-hybridized carbons (Fsp3) is 0.200. The second-order valence-electron chi connectivity index (χ2n) is 17.3. The van der Waals surface area contributed by atoms with E-state index in [1.165, 1.54) is 0 Å². The Hall–Kier alpha value is -4.36. The van der Waals surface area contributed by atoms with E-state index in [4.69, 9.17) is 17.0 Å². The number of allylic oxidation sites excluding steroid dienone is 2. The average Bonchev–Trinajstić information content (AvgIpc) is 3.84. The molecule has 0 spiro atoms. The molecule has 0 saturated carbocycles. The molecule has 0 aromatic heterocycles. The average molecular weight is 1060 g/mol. The van der Waals surface area contributed by atoms with Crippen molar-refractivity contribution >= 4 is 46.2 Å². The first-order valence-corrected chi connectivity index (χ1v) is 36.9. The third-order valence-corrected chi connectivity index (χ3v) is 64.5. The summed E-state index contributed by atoms with van der Waals surface area (Å²) in [5.74, 6) is -2.53. The van der Waals surface area contributed by atoms with Gasteiger partial charge in [0.25, 0.3) is 0 Å². The Kier molecular flexibility index (Phi) is 12.0. The summed E-state index contributed by atoms with van der Waals surface area (Å²) in [6, 6.07) is 27.5. The van der Waals surface area contributed by atoms with Crippen LogP contribution in [-0.2, 0) is 40.3 Å². The van der Waals surface area contributed by atoms with E-state index >= 15 is 0 Å². The summed E-state index contributed by atoms with van der Waals surface area (Å²) in [6.07, 6.45) is -17.0. The van der Waals surface area contributed by atoms with Gasteiger partial charge in [-0.1, -0.05) is 0 Å². The molecule has 0 saturated heterocycles. The van der Waals surface area contributed by atoms with Crippen molar-refractivity contribution in [3.8, 4) is 22.3 Å². The molecule has 0 aliphatic heterocycles. The van der Waals surface area contributed by atoms with Gasteiger partial charge >= 0.3 is 384 Å². The van der Waals surface area contributed by atoms with Crippen LogP contribution in [0.15, 0.2) is 121 Å².